The molecule has 1 N–H and O–H groups in total. The standard InChI is InChI=1S/C16H13BrO3/c1-8(2)12-11-7-9-5-3-4-6-10(9)13(17)14(11)20-15(12)16(18)19/h3-8H,1-2H3,(H,18,19). The third-order valence-electron chi connectivity index (χ3n) is 3.45. The molecular weight excluding hydrogens is 320 g/mol. The van der Waals surface area contributed by atoms with Gasteiger partial charge >= 0.3 is 5.97 Å². The van der Waals surface area contributed by atoms with Gasteiger partial charge in [-0.05, 0) is 38.7 Å². The molecule has 0 aliphatic heterocycles. The second-order valence-corrected chi connectivity index (χ2v) is 5.89. The number of benzene rings is 2. The summed E-state index contributed by atoms with van der Waals surface area (Å²) in [5, 5.41) is 12.3. The number of carbonyl (C=O) groups is 1. The van der Waals surface area contributed by atoms with Crippen LogP contribution in [-0.2, 0) is 0 Å². The van der Waals surface area contributed by atoms with Gasteiger partial charge in [-0.25, -0.2) is 4.79 Å². The van der Waals surface area contributed by atoms with E-state index >= 15 is 0 Å². The molecule has 0 spiro atoms. The average Bonchev–Trinajstić information content (AvgIpc) is 2.79. The van der Waals surface area contributed by atoms with Crippen molar-refractivity contribution in [3.63, 3.8) is 0 Å². The first-order chi connectivity index (χ1) is 9.50. The van der Waals surface area contributed by atoms with Crippen LogP contribution >= 0.6 is 15.9 Å². The van der Waals surface area contributed by atoms with Crippen molar-refractivity contribution < 1.29 is 14.3 Å². The highest BCUT2D eigenvalue weighted by Crippen LogP contribution is 2.39. The molecule has 1 aromatic heterocycles. The minimum atomic E-state index is -1.03. The summed E-state index contributed by atoms with van der Waals surface area (Å²) in [4.78, 5) is 11.4. The maximum Gasteiger partial charge on any atom is 0.372 e. The Bertz CT molecular complexity index is 830. The molecule has 102 valence electrons. The van der Waals surface area contributed by atoms with Gasteiger partial charge in [0.05, 0.1) is 4.47 Å². The summed E-state index contributed by atoms with van der Waals surface area (Å²) < 4.78 is 6.42. The number of furan rings is 1. The molecule has 3 nitrogen and oxygen atoms in total. The zero-order valence-electron chi connectivity index (χ0n) is 11.1. The maximum atomic E-state index is 11.4. The average molecular weight is 333 g/mol. The lowest BCUT2D eigenvalue weighted by Gasteiger charge is -2.05. The summed E-state index contributed by atoms with van der Waals surface area (Å²) in [6.07, 6.45) is 0. The largest absolute Gasteiger partial charge is 0.475 e. The highest BCUT2D eigenvalue weighted by molar-refractivity contribution is 9.10. The fraction of sp³-hybridized carbons (Fsp3) is 0.188. The predicted molar refractivity (Wildman–Crippen MR) is 82.5 cm³/mol. The molecule has 0 amide bonds. The Kier molecular flexibility index (Phi) is 3.05. The second-order valence-electron chi connectivity index (χ2n) is 5.09. The van der Waals surface area contributed by atoms with Gasteiger partial charge in [0.1, 0.15) is 5.58 Å². The molecule has 0 saturated heterocycles. The molecule has 0 atom stereocenters. The van der Waals surface area contributed by atoms with Crippen LogP contribution in [0.3, 0.4) is 0 Å². The van der Waals surface area contributed by atoms with E-state index in [0.717, 1.165) is 26.2 Å². The summed E-state index contributed by atoms with van der Waals surface area (Å²) in [6, 6.07) is 9.91. The van der Waals surface area contributed by atoms with Crippen LogP contribution in [0.4, 0.5) is 0 Å². The summed E-state index contributed by atoms with van der Waals surface area (Å²) >= 11 is 3.54. The Labute approximate surface area is 124 Å². The number of carboxylic acid groups (broad SMARTS) is 1. The lowest BCUT2D eigenvalue weighted by Crippen LogP contribution is -2.00. The van der Waals surface area contributed by atoms with Gasteiger partial charge in [-0.1, -0.05) is 38.1 Å². The number of aromatic carboxylic acids is 1. The number of halogens is 1. The molecule has 0 bridgehead atoms. The van der Waals surface area contributed by atoms with Crippen LogP contribution in [0.5, 0.6) is 0 Å². The maximum absolute atomic E-state index is 11.4. The third kappa shape index (κ3) is 1.83. The van der Waals surface area contributed by atoms with Gasteiger partial charge < -0.3 is 9.52 Å². The zero-order valence-corrected chi connectivity index (χ0v) is 12.7. The third-order valence-corrected chi connectivity index (χ3v) is 4.24. The summed E-state index contributed by atoms with van der Waals surface area (Å²) in [7, 11) is 0. The fourth-order valence-electron chi connectivity index (χ4n) is 2.60. The quantitative estimate of drug-likeness (QED) is 0.704. The van der Waals surface area contributed by atoms with Crippen molar-refractivity contribution in [2.75, 3.05) is 0 Å². The van der Waals surface area contributed by atoms with Crippen LogP contribution in [-0.4, -0.2) is 11.1 Å². The minimum Gasteiger partial charge on any atom is -0.475 e. The van der Waals surface area contributed by atoms with Crippen molar-refractivity contribution in [1.29, 1.82) is 0 Å². The number of fused-ring (bicyclic) bond motifs is 2. The van der Waals surface area contributed by atoms with Gasteiger partial charge in [-0.15, -0.1) is 0 Å². The van der Waals surface area contributed by atoms with Crippen LogP contribution < -0.4 is 0 Å². The van der Waals surface area contributed by atoms with E-state index in [1.165, 1.54) is 0 Å². The van der Waals surface area contributed by atoms with Gasteiger partial charge in [0.15, 0.2) is 0 Å². The van der Waals surface area contributed by atoms with Crippen LogP contribution in [0.2, 0.25) is 0 Å². The number of rotatable bonds is 2. The molecule has 0 saturated carbocycles. The Balaban J connectivity index is 2.52. The highest BCUT2D eigenvalue weighted by Gasteiger charge is 2.24. The molecule has 0 unspecified atom stereocenters. The van der Waals surface area contributed by atoms with Crippen molar-refractivity contribution in [3.05, 3.63) is 46.1 Å². The van der Waals surface area contributed by atoms with Gasteiger partial charge in [0.2, 0.25) is 5.76 Å². The van der Waals surface area contributed by atoms with Crippen molar-refractivity contribution in [2.45, 2.75) is 19.8 Å². The number of hydrogen-bond donors (Lipinski definition) is 1. The van der Waals surface area contributed by atoms with E-state index < -0.39 is 5.97 Å². The lowest BCUT2D eigenvalue weighted by atomic mass is 9.97. The van der Waals surface area contributed by atoms with E-state index in [0.29, 0.717) is 5.58 Å². The van der Waals surface area contributed by atoms with Gasteiger partial charge in [0.25, 0.3) is 0 Å². The molecule has 0 aliphatic carbocycles. The molecule has 3 rings (SSSR count). The number of carboxylic acids is 1. The topological polar surface area (TPSA) is 50.4 Å². The van der Waals surface area contributed by atoms with Crippen LogP contribution in [0.1, 0.15) is 35.9 Å². The normalized spacial score (nSPS) is 11.6. The second kappa shape index (κ2) is 4.63. The van der Waals surface area contributed by atoms with Crippen LogP contribution in [0.25, 0.3) is 21.7 Å². The van der Waals surface area contributed by atoms with Gasteiger partial charge in [-0.2, -0.15) is 0 Å². The predicted octanol–water partition coefficient (Wildman–Crippen LogP) is 5.17. The summed E-state index contributed by atoms with van der Waals surface area (Å²) in [5.41, 5.74) is 1.35. The fourth-order valence-corrected chi connectivity index (χ4v) is 3.25. The SMILES string of the molecule is CC(C)c1c(C(=O)O)oc2c(Br)c3ccccc3cc12. The van der Waals surface area contributed by atoms with E-state index in [4.69, 9.17) is 4.42 Å². The Morgan fingerprint density at radius 2 is 1.95 bits per heavy atom. The Hall–Kier alpha value is -1.81. The molecule has 3 aromatic rings. The van der Waals surface area contributed by atoms with Crippen LogP contribution in [0, 0.1) is 0 Å². The summed E-state index contributed by atoms with van der Waals surface area (Å²) in [5.74, 6) is -0.915. The van der Waals surface area contributed by atoms with E-state index in [1.54, 1.807) is 0 Å². The Morgan fingerprint density at radius 3 is 2.60 bits per heavy atom. The minimum absolute atomic E-state index is 0.0333. The molecule has 0 aliphatic rings. The van der Waals surface area contributed by atoms with E-state index in [1.807, 2.05) is 44.2 Å². The van der Waals surface area contributed by atoms with Gasteiger partial charge in [0, 0.05) is 10.9 Å². The molecule has 0 radical (unpaired) electrons. The van der Waals surface area contributed by atoms with E-state index in [2.05, 4.69) is 15.9 Å². The summed E-state index contributed by atoms with van der Waals surface area (Å²) in [6.45, 7) is 3.94. The molecule has 4 heteroatoms. The smallest absolute Gasteiger partial charge is 0.372 e. The first-order valence-electron chi connectivity index (χ1n) is 6.37. The lowest BCUT2D eigenvalue weighted by molar-refractivity contribution is 0.0662. The zero-order chi connectivity index (χ0) is 14.4. The molecule has 1 heterocycles. The van der Waals surface area contributed by atoms with E-state index in [-0.39, 0.29) is 11.7 Å². The van der Waals surface area contributed by atoms with Crippen molar-refractivity contribution in [3.8, 4) is 0 Å². The van der Waals surface area contributed by atoms with Gasteiger partial charge in [-0.3, -0.25) is 0 Å². The molecule has 20 heavy (non-hydrogen) atoms. The monoisotopic (exact) mass is 332 g/mol. The first-order valence-corrected chi connectivity index (χ1v) is 7.17. The molecule has 2 aromatic carbocycles. The molecule has 0 fully saturated rings. The van der Waals surface area contributed by atoms with Crippen molar-refractivity contribution in [1.82, 2.24) is 0 Å². The van der Waals surface area contributed by atoms with Crippen molar-refractivity contribution >= 4 is 43.6 Å². The number of hydrogen-bond acceptors (Lipinski definition) is 2. The molecular formula is C16H13BrO3. The van der Waals surface area contributed by atoms with Crippen LogP contribution in [0.15, 0.2) is 39.2 Å². The van der Waals surface area contributed by atoms with Crippen molar-refractivity contribution in [2.24, 2.45) is 0 Å². The Morgan fingerprint density at radius 1 is 1.25 bits per heavy atom. The first kappa shape index (κ1) is 13.2. The highest BCUT2D eigenvalue weighted by atomic mass is 79.9. The van der Waals surface area contributed by atoms with E-state index in [9.17, 15) is 9.90 Å².